The van der Waals surface area contributed by atoms with Gasteiger partial charge in [-0.3, -0.25) is 14.2 Å². The van der Waals surface area contributed by atoms with Gasteiger partial charge in [0.1, 0.15) is 5.75 Å². The zero-order valence-electron chi connectivity index (χ0n) is 17.8. The minimum atomic E-state index is -1.01. The van der Waals surface area contributed by atoms with Crippen molar-refractivity contribution in [1.82, 2.24) is 9.55 Å². The predicted octanol–water partition coefficient (Wildman–Crippen LogP) is 3.33. The number of carboxylic acids is 1. The zero-order valence-corrected chi connectivity index (χ0v) is 17.8. The number of anilines is 1. The number of aromatic nitrogens is 2. The summed E-state index contributed by atoms with van der Waals surface area (Å²) >= 11 is 0. The third kappa shape index (κ3) is 5.07. The molecule has 33 heavy (non-hydrogen) atoms. The molecule has 4 rings (SSSR count). The molecular weight excluding hydrogens is 422 g/mol. The standard InChI is InChI=1S/C25H21N3O5/c1-33-20-4-2-3-17(11-20)12-23(29)27-19-9-10-22-21(13-19)24(30)28(15-26-22)14-16-5-7-18(8-6-16)25(31)32/h2-11,13,15H,12,14H2,1H3,(H,27,29)(H,31,32). The van der Waals surface area contributed by atoms with Crippen LogP contribution in [-0.2, 0) is 17.8 Å². The van der Waals surface area contributed by atoms with E-state index in [4.69, 9.17) is 9.84 Å². The van der Waals surface area contributed by atoms with E-state index in [0.29, 0.717) is 22.3 Å². The molecule has 0 atom stereocenters. The number of nitrogens with zero attached hydrogens (tertiary/aromatic N) is 2. The minimum Gasteiger partial charge on any atom is -0.497 e. The monoisotopic (exact) mass is 443 g/mol. The first-order valence-corrected chi connectivity index (χ1v) is 10.2. The Balaban J connectivity index is 1.53. The maximum atomic E-state index is 13.0. The number of amides is 1. The summed E-state index contributed by atoms with van der Waals surface area (Å²) < 4.78 is 6.63. The molecule has 0 aliphatic heterocycles. The maximum absolute atomic E-state index is 13.0. The second kappa shape index (κ2) is 9.35. The fraction of sp³-hybridized carbons (Fsp3) is 0.120. The number of carboxylic acid groups (broad SMARTS) is 1. The first kappa shape index (κ1) is 21.8. The van der Waals surface area contributed by atoms with E-state index in [1.54, 1.807) is 43.5 Å². The Labute approximate surface area is 189 Å². The van der Waals surface area contributed by atoms with E-state index in [2.05, 4.69) is 10.3 Å². The van der Waals surface area contributed by atoms with Crippen LogP contribution in [0.25, 0.3) is 10.9 Å². The van der Waals surface area contributed by atoms with Crippen molar-refractivity contribution in [3.63, 3.8) is 0 Å². The molecule has 166 valence electrons. The van der Waals surface area contributed by atoms with E-state index in [1.807, 2.05) is 18.2 Å². The molecule has 4 aromatic rings. The van der Waals surface area contributed by atoms with Crippen molar-refractivity contribution in [2.24, 2.45) is 0 Å². The van der Waals surface area contributed by atoms with Gasteiger partial charge in [0.25, 0.3) is 5.56 Å². The van der Waals surface area contributed by atoms with E-state index < -0.39 is 5.97 Å². The normalized spacial score (nSPS) is 10.7. The Morgan fingerprint density at radius 3 is 2.55 bits per heavy atom. The molecule has 0 saturated heterocycles. The number of hydrogen-bond acceptors (Lipinski definition) is 5. The summed E-state index contributed by atoms with van der Waals surface area (Å²) in [6.45, 7) is 0.244. The number of nitrogens with one attached hydrogen (secondary N) is 1. The smallest absolute Gasteiger partial charge is 0.335 e. The van der Waals surface area contributed by atoms with Crippen LogP contribution in [0, 0.1) is 0 Å². The van der Waals surface area contributed by atoms with Crippen molar-refractivity contribution in [3.8, 4) is 5.75 Å². The van der Waals surface area contributed by atoms with Crippen LogP contribution in [0.2, 0.25) is 0 Å². The zero-order chi connectivity index (χ0) is 23.4. The lowest BCUT2D eigenvalue weighted by molar-refractivity contribution is -0.115. The number of rotatable bonds is 7. The van der Waals surface area contributed by atoms with E-state index in [0.717, 1.165) is 11.1 Å². The largest absolute Gasteiger partial charge is 0.497 e. The number of benzene rings is 3. The van der Waals surface area contributed by atoms with Gasteiger partial charge in [0.2, 0.25) is 5.91 Å². The summed E-state index contributed by atoms with van der Waals surface area (Å²) in [4.78, 5) is 40.8. The molecule has 0 aliphatic rings. The fourth-order valence-electron chi connectivity index (χ4n) is 3.47. The van der Waals surface area contributed by atoms with Gasteiger partial charge in [-0.2, -0.15) is 0 Å². The minimum absolute atomic E-state index is 0.166. The van der Waals surface area contributed by atoms with Crippen LogP contribution < -0.4 is 15.6 Å². The van der Waals surface area contributed by atoms with E-state index in [-0.39, 0.29) is 30.0 Å². The molecule has 0 radical (unpaired) electrons. The van der Waals surface area contributed by atoms with Gasteiger partial charge < -0.3 is 15.2 Å². The quantitative estimate of drug-likeness (QED) is 0.453. The SMILES string of the molecule is COc1cccc(CC(=O)Nc2ccc3ncn(Cc4ccc(C(=O)O)cc4)c(=O)c3c2)c1. The van der Waals surface area contributed by atoms with Crippen LogP contribution in [0.15, 0.2) is 77.9 Å². The lowest BCUT2D eigenvalue weighted by Crippen LogP contribution is -2.21. The van der Waals surface area contributed by atoms with Crippen LogP contribution >= 0.6 is 0 Å². The number of fused-ring (bicyclic) bond motifs is 1. The van der Waals surface area contributed by atoms with Gasteiger partial charge in [0.15, 0.2) is 0 Å². The highest BCUT2D eigenvalue weighted by Gasteiger charge is 2.10. The second-order valence-corrected chi connectivity index (χ2v) is 7.49. The van der Waals surface area contributed by atoms with Crippen LogP contribution in [-0.4, -0.2) is 33.6 Å². The van der Waals surface area contributed by atoms with Crippen molar-refractivity contribution >= 4 is 28.5 Å². The Bertz CT molecular complexity index is 1390. The van der Waals surface area contributed by atoms with Gasteiger partial charge in [0.05, 0.1) is 42.9 Å². The highest BCUT2D eigenvalue weighted by Crippen LogP contribution is 2.17. The summed E-state index contributed by atoms with van der Waals surface area (Å²) in [5.41, 5.74) is 2.51. The van der Waals surface area contributed by atoms with E-state index in [1.165, 1.54) is 23.0 Å². The highest BCUT2D eigenvalue weighted by molar-refractivity contribution is 5.94. The molecule has 2 N–H and O–H groups in total. The molecule has 0 fully saturated rings. The van der Waals surface area contributed by atoms with Crippen molar-refractivity contribution in [1.29, 1.82) is 0 Å². The number of carbonyl (C=O) groups is 2. The molecular formula is C25H21N3O5. The van der Waals surface area contributed by atoms with Crippen molar-refractivity contribution in [3.05, 3.63) is 100 Å². The molecule has 0 spiro atoms. The first-order chi connectivity index (χ1) is 15.9. The van der Waals surface area contributed by atoms with Crippen LogP contribution in [0.3, 0.4) is 0 Å². The van der Waals surface area contributed by atoms with Gasteiger partial charge in [-0.15, -0.1) is 0 Å². The van der Waals surface area contributed by atoms with Crippen molar-refractivity contribution < 1.29 is 19.4 Å². The van der Waals surface area contributed by atoms with E-state index in [9.17, 15) is 14.4 Å². The van der Waals surface area contributed by atoms with Gasteiger partial charge in [-0.1, -0.05) is 24.3 Å². The Morgan fingerprint density at radius 1 is 1.03 bits per heavy atom. The van der Waals surface area contributed by atoms with Gasteiger partial charge >= 0.3 is 5.97 Å². The molecule has 0 unspecified atom stereocenters. The number of methoxy groups -OCH3 is 1. The summed E-state index contributed by atoms with van der Waals surface area (Å²) in [5.74, 6) is -0.548. The molecule has 0 saturated carbocycles. The van der Waals surface area contributed by atoms with Crippen LogP contribution in [0.4, 0.5) is 5.69 Å². The molecule has 1 amide bonds. The van der Waals surface area contributed by atoms with Crippen LogP contribution in [0.1, 0.15) is 21.5 Å². The lowest BCUT2D eigenvalue weighted by Gasteiger charge is -2.10. The summed E-state index contributed by atoms with van der Waals surface area (Å²) in [7, 11) is 1.57. The number of aromatic carboxylic acids is 1. The van der Waals surface area contributed by atoms with Crippen molar-refractivity contribution in [2.45, 2.75) is 13.0 Å². The van der Waals surface area contributed by atoms with Gasteiger partial charge in [0, 0.05) is 5.69 Å². The molecule has 1 aromatic heterocycles. The topological polar surface area (TPSA) is 111 Å². The molecule has 0 bridgehead atoms. The molecule has 8 heteroatoms. The number of carbonyl (C=O) groups excluding carboxylic acids is 1. The van der Waals surface area contributed by atoms with E-state index >= 15 is 0 Å². The number of hydrogen-bond donors (Lipinski definition) is 2. The lowest BCUT2D eigenvalue weighted by atomic mass is 10.1. The Morgan fingerprint density at radius 2 is 1.82 bits per heavy atom. The predicted molar refractivity (Wildman–Crippen MR) is 124 cm³/mol. The summed E-state index contributed by atoms with van der Waals surface area (Å²) in [5, 5.41) is 12.2. The average Bonchev–Trinajstić information content (AvgIpc) is 2.81. The third-order valence-corrected chi connectivity index (χ3v) is 5.16. The number of ether oxygens (including phenoxy) is 1. The average molecular weight is 443 g/mol. The molecule has 3 aromatic carbocycles. The van der Waals surface area contributed by atoms with Crippen LogP contribution in [0.5, 0.6) is 5.75 Å². The highest BCUT2D eigenvalue weighted by atomic mass is 16.5. The molecule has 0 aliphatic carbocycles. The first-order valence-electron chi connectivity index (χ1n) is 10.2. The van der Waals surface area contributed by atoms with Gasteiger partial charge in [-0.25, -0.2) is 9.78 Å². The molecule has 1 heterocycles. The fourth-order valence-corrected chi connectivity index (χ4v) is 3.47. The Kier molecular flexibility index (Phi) is 6.17. The molecule has 8 nitrogen and oxygen atoms in total. The van der Waals surface area contributed by atoms with Crippen molar-refractivity contribution in [2.75, 3.05) is 12.4 Å². The third-order valence-electron chi connectivity index (χ3n) is 5.16. The summed E-state index contributed by atoms with van der Waals surface area (Å²) in [6.07, 6.45) is 1.62. The maximum Gasteiger partial charge on any atom is 0.335 e. The van der Waals surface area contributed by atoms with Gasteiger partial charge in [-0.05, 0) is 53.6 Å². The second-order valence-electron chi connectivity index (χ2n) is 7.49. The summed E-state index contributed by atoms with van der Waals surface area (Å²) in [6, 6.07) is 18.6. The Hall–Kier alpha value is -4.46.